The number of aromatic amines is 1. The van der Waals surface area contributed by atoms with E-state index in [-0.39, 0.29) is 0 Å². The lowest BCUT2D eigenvalue weighted by Gasteiger charge is -2.07. The van der Waals surface area contributed by atoms with Crippen LogP contribution < -0.4 is 10.5 Å². The summed E-state index contributed by atoms with van der Waals surface area (Å²) in [4.78, 5) is 7.20. The number of benzene rings is 1. The Kier molecular flexibility index (Phi) is 2.54. The summed E-state index contributed by atoms with van der Waals surface area (Å²) in [5.41, 5.74) is 7.27. The van der Waals surface area contributed by atoms with Crippen LogP contribution in [0.3, 0.4) is 0 Å². The Balaban J connectivity index is 2.02. The number of nitrogens with one attached hydrogen (secondary N) is 1. The SMILES string of the molecule is N#Cc1cc(Oc2ccnc3[nH]ccc23)ccc1N. The summed E-state index contributed by atoms with van der Waals surface area (Å²) in [7, 11) is 0. The Morgan fingerprint density at radius 2 is 2.16 bits per heavy atom. The highest BCUT2D eigenvalue weighted by molar-refractivity contribution is 5.82. The van der Waals surface area contributed by atoms with Gasteiger partial charge in [-0.2, -0.15) is 5.26 Å². The highest BCUT2D eigenvalue weighted by Crippen LogP contribution is 2.29. The highest BCUT2D eigenvalue weighted by atomic mass is 16.5. The zero-order valence-electron chi connectivity index (χ0n) is 9.92. The van der Waals surface area contributed by atoms with Crippen molar-refractivity contribution in [3.8, 4) is 17.6 Å². The number of nitrogen functional groups attached to an aromatic ring is 1. The summed E-state index contributed by atoms with van der Waals surface area (Å²) in [6.45, 7) is 0. The van der Waals surface area contributed by atoms with E-state index in [2.05, 4.69) is 9.97 Å². The average Bonchev–Trinajstić information content (AvgIpc) is 2.90. The summed E-state index contributed by atoms with van der Waals surface area (Å²) < 4.78 is 5.78. The highest BCUT2D eigenvalue weighted by Gasteiger charge is 2.06. The van der Waals surface area contributed by atoms with Gasteiger partial charge < -0.3 is 15.5 Å². The number of nitrogens with two attached hydrogens (primary N) is 1. The summed E-state index contributed by atoms with van der Waals surface area (Å²) in [6.07, 6.45) is 3.46. The molecule has 5 heteroatoms. The lowest BCUT2D eigenvalue weighted by Crippen LogP contribution is -1.92. The molecule has 3 aromatic rings. The monoisotopic (exact) mass is 250 g/mol. The number of pyridine rings is 1. The largest absolute Gasteiger partial charge is 0.456 e. The number of anilines is 1. The quantitative estimate of drug-likeness (QED) is 0.684. The molecule has 0 fully saturated rings. The van der Waals surface area contributed by atoms with Gasteiger partial charge in [-0.1, -0.05) is 0 Å². The first kappa shape index (κ1) is 11.1. The molecule has 1 aromatic carbocycles. The van der Waals surface area contributed by atoms with E-state index in [9.17, 15) is 0 Å². The molecule has 2 aromatic heterocycles. The van der Waals surface area contributed by atoms with Gasteiger partial charge in [0.25, 0.3) is 0 Å². The molecule has 3 rings (SSSR count). The third-order valence-electron chi connectivity index (χ3n) is 2.79. The maximum atomic E-state index is 8.95. The summed E-state index contributed by atoms with van der Waals surface area (Å²) in [6, 6.07) is 10.7. The zero-order valence-corrected chi connectivity index (χ0v) is 9.92. The van der Waals surface area contributed by atoms with Gasteiger partial charge in [-0.05, 0) is 24.3 Å². The first-order valence-electron chi connectivity index (χ1n) is 5.67. The second kappa shape index (κ2) is 4.35. The van der Waals surface area contributed by atoms with Gasteiger partial charge in [-0.25, -0.2) is 4.98 Å². The van der Waals surface area contributed by atoms with Crippen LogP contribution in [0.2, 0.25) is 0 Å². The van der Waals surface area contributed by atoms with Crippen LogP contribution in [0.4, 0.5) is 5.69 Å². The number of fused-ring (bicyclic) bond motifs is 1. The van der Waals surface area contributed by atoms with Crippen LogP contribution in [0.25, 0.3) is 11.0 Å². The van der Waals surface area contributed by atoms with Crippen molar-refractivity contribution in [1.29, 1.82) is 5.26 Å². The van der Waals surface area contributed by atoms with E-state index in [1.54, 1.807) is 36.7 Å². The minimum absolute atomic E-state index is 0.400. The second-order valence-corrected chi connectivity index (χ2v) is 4.01. The zero-order chi connectivity index (χ0) is 13.2. The van der Waals surface area contributed by atoms with Crippen molar-refractivity contribution in [1.82, 2.24) is 9.97 Å². The van der Waals surface area contributed by atoms with Gasteiger partial charge in [-0.15, -0.1) is 0 Å². The fourth-order valence-corrected chi connectivity index (χ4v) is 1.85. The van der Waals surface area contributed by atoms with Crippen LogP contribution in [0.1, 0.15) is 5.56 Å². The summed E-state index contributed by atoms with van der Waals surface area (Å²) in [5, 5.41) is 9.83. The van der Waals surface area contributed by atoms with Gasteiger partial charge in [0.2, 0.25) is 0 Å². The maximum Gasteiger partial charge on any atom is 0.140 e. The molecule has 0 saturated heterocycles. The molecule has 0 amide bonds. The van der Waals surface area contributed by atoms with Crippen molar-refractivity contribution in [2.24, 2.45) is 0 Å². The second-order valence-electron chi connectivity index (χ2n) is 4.01. The van der Waals surface area contributed by atoms with Crippen LogP contribution in [0.5, 0.6) is 11.5 Å². The van der Waals surface area contributed by atoms with Crippen LogP contribution in [-0.2, 0) is 0 Å². The number of hydrogen-bond acceptors (Lipinski definition) is 4. The minimum Gasteiger partial charge on any atom is -0.456 e. The molecule has 0 bridgehead atoms. The number of aromatic nitrogens is 2. The van der Waals surface area contributed by atoms with Gasteiger partial charge in [-0.3, -0.25) is 0 Å². The molecule has 0 aliphatic heterocycles. The standard InChI is InChI=1S/C14H10N4O/c15-8-9-7-10(1-2-12(9)16)19-13-4-6-18-14-11(13)3-5-17-14/h1-7H,16H2,(H,17,18). The summed E-state index contributed by atoms with van der Waals surface area (Å²) in [5.74, 6) is 1.25. The summed E-state index contributed by atoms with van der Waals surface area (Å²) >= 11 is 0. The number of nitriles is 1. The van der Waals surface area contributed by atoms with Crippen LogP contribution >= 0.6 is 0 Å². The number of ether oxygens (including phenoxy) is 1. The smallest absolute Gasteiger partial charge is 0.140 e. The Morgan fingerprint density at radius 1 is 1.26 bits per heavy atom. The van der Waals surface area contributed by atoms with Gasteiger partial charge in [0.1, 0.15) is 23.2 Å². The van der Waals surface area contributed by atoms with E-state index < -0.39 is 0 Å². The number of H-pyrrole nitrogens is 1. The Bertz CT molecular complexity index is 785. The Hall–Kier alpha value is -3.00. The number of hydrogen-bond donors (Lipinski definition) is 2. The van der Waals surface area contributed by atoms with Crippen LogP contribution in [0.15, 0.2) is 42.7 Å². The molecule has 92 valence electrons. The Labute approximate surface area is 109 Å². The van der Waals surface area contributed by atoms with Crippen molar-refractivity contribution in [3.05, 3.63) is 48.3 Å². The van der Waals surface area contributed by atoms with E-state index in [4.69, 9.17) is 15.7 Å². The number of nitrogens with zero attached hydrogens (tertiary/aromatic N) is 2. The molecule has 3 N–H and O–H groups in total. The molecular formula is C14H10N4O. The fraction of sp³-hybridized carbons (Fsp3) is 0. The van der Waals surface area contributed by atoms with Gasteiger partial charge in [0, 0.05) is 24.1 Å². The molecule has 5 nitrogen and oxygen atoms in total. The molecule has 0 aliphatic rings. The first-order chi connectivity index (χ1) is 9.28. The molecule has 0 spiro atoms. The fourth-order valence-electron chi connectivity index (χ4n) is 1.85. The van der Waals surface area contributed by atoms with Gasteiger partial charge in [0.15, 0.2) is 0 Å². The van der Waals surface area contributed by atoms with Crippen molar-refractivity contribution in [2.75, 3.05) is 5.73 Å². The molecule has 0 radical (unpaired) electrons. The van der Waals surface area contributed by atoms with E-state index in [0.717, 1.165) is 11.0 Å². The van der Waals surface area contributed by atoms with E-state index in [1.165, 1.54) is 0 Å². The van der Waals surface area contributed by atoms with Crippen LogP contribution in [-0.4, -0.2) is 9.97 Å². The maximum absolute atomic E-state index is 8.95. The minimum atomic E-state index is 0.400. The average molecular weight is 250 g/mol. The molecule has 0 unspecified atom stereocenters. The van der Waals surface area contributed by atoms with E-state index in [0.29, 0.717) is 22.7 Å². The lowest BCUT2D eigenvalue weighted by atomic mass is 10.2. The van der Waals surface area contributed by atoms with Crippen molar-refractivity contribution in [3.63, 3.8) is 0 Å². The van der Waals surface area contributed by atoms with Crippen molar-refractivity contribution in [2.45, 2.75) is 0 Å². The first-order valence-corrected chi connectivity index (χ1v) is 5.67. The molecular weight excluding hydrogens is 240 g/mol. The number of rotatable bonds is 2. The third kappa shape index (κ3) is 1.96. The topological polar surface area (TPSA) is 87.7 Å². The van der Waals surface area contributed by atoms with Crippen LogP contribution in [0, 0.1) is 11.3 Å². The normalized spacial score (nSPS) is 10.3. The Morgan fingerprint density at radius 3 is 3.00 bits per heavy atom. The van der Waals surface area contributed by atoms with E-state index >= 15 is 0 Å². The molecule has 0 aliphatic carbocycles. The molecule has 19 heavy (non-hydrogen) atoms. The van der Waals surface area contributed by atoms with Gasteiger partial charge in [0.05, 0.1) is 10.9 Å². The predicted molar refractivity (Wildman–Crippen MR) is 71.7 cm³/mol. The lowest BCUT2D eigenvalue weighted by molar-refractivity contribution is 0.488. The predicted octanol–water partition coefficient (Wildman–Crippen LogP) is 2.81. The van der Waals surface area contributed by atoms with Gasteiger partial charge >= 0.3 is 0 Å². The molecule has 0 saturated carbocycles. The third-order valence-corrected chi connectivity index (χ3v) is 2.79. The molecule has 0 atom stereocenters. The van der Waals surface area contributed by atoms with Crippen molar-refractivity contribution < 1.29 is 4.74 Å². The van der Waals surface area contributed by atoms with E-state index in [1.807, 2.05) is 12.1 Å². The van der Waals surface area contributed by atoms with Crippen molar-refractivity contribution >= 4 is 16.7 Å². The molecule has 2 heterocycles.